The molecule has 1 amide bonds. The Morgan fingerprint density at radius 2 is 1.62 bits per heavy atom. The van der Waals surface area contributed by atoms with Crippen LogP contribution in [-0.2, 0) is 10.0 Å². The Morgan fingerprint density at radius 1 is 0.969 bits per heavy atom. The van der Waals surface area contributed by atoms with Gasteiger partial charge in [-0.1, -0.05) is 37.3 Å². The van der Waals surface area contributed by atoms with Gasteiger partial charge in [0.2, 0.25) is 0 Å². The van der Waals surface area contributed by atoms with Crippen LogP contribution in [0.3, 0.4) is 0 Å². The van der Waals surface area contributed by atoms with Crippen molar-refractivity contribution < 1.29 is 13.2 Å². The molecule has 8 heteroatoms. The molecule has 1 saturated heterocycles. The molecule has 1 aliphatic heterocycles. The molecule has 0 bridgehead atoms. The van der Waals surface area contributed by atoms with Crippen molar-refractivity contribution in [3.63, 3.8) is 0 Å². The molecule has 0 atom stereocenters. The first-order chi connectivity index (χ1) is 15.4. The van der Waals surface area contributed by atoms with Gasteiger partial charge < -0.3 is 15.1 Å². The van der Waals surface area contributed by atoms with E-state index in [-0.39, 0.29) is 5.91 Å². The van der Waals surface area contributed by atoms with Crippen LogP contribution in [0.4, 0.5) is 5.69 Å². The Balaban J connectivity index is 1.41. The van der Waals surface area contributed by atoms with Crippen molar-refractivity contribution in [2.24, 2.45) is 0 Å². The standard InChI is InChI=1S/C24H32N4O3S/c1-2-27-16-18-28(19-17-27)15-6-14-25-24(29)22-9-11-23(12-10-22)26-32(30,31)20-13-21-7-4-3-5-8-21/h3-5,7-13,20,26H,2,6,14-19H2,1H3,(H,25,29)/b20-13+. The van der Waals surface area contributed by atoms with Crippen molar-refractivity contribution in [1.29, 1.82) is 0 Å². The molecule has 3 rings (SSSR count). The number of rotatable bonds is 10. The smallest absolute Gasteiger partial charge is 0.255 e. The Labute approximate surface area is 191 Å². The van der Waals surface area contributed by atoms with Gasteiger partial charge in [0.25, 0.3) is 15.9 Å². The van der Waals surface area contributed by atoms with Crippen LogP contribution in [0.2, 0.25) is 0 Å². The number of benzene rings is 2. The van der Waals surface area contributed by atoms with E-state index in [0.717, 1.165) is 56.7 Å². The van der Waals surface area contributed by atoms with Gasteiger partial charge in [-0.25, -0.2) is 8.42 Å². The van der Waals surface area contributed by atoms with Crippen LogP contribution in [0, 0.1) is 0 Å². The zero-order chi connectivity index (χ0) is 22.8. The topological polar surface area (TPSA) is 81.8 Å². The molecule has 0 aliphatic carbocycles. The Bertz CT molecular complexity index is 984. The Kier molecular flexibility index (Phi) is 8.84. The number of piperazine rings is 1. The minimum absolute atomic E-state index is 0.154. The summed E-state index contributed by atoms with van der Waals surface area (Å²) in [5.74, 6) is -0.154. The number of anilines is 1. The summed E-state index contributed by atoms with van der Waals surface area (Å²) in [4.78, 5) is 17.2. The summed E-state index contributed by atoms with van der Waals surface area (Å²) in [5.41, 5.74) is 1.71. The molecule has 32 heavy (non-hydrogen) atoms. The Morgan fingerprint density at radius 3 is 2.28 bits per heavy atom. The number of carbonyl (C=O) groups excluding carboxylic acids is 1. The van der Waals surface area contributed by atoms with E-state index < -0.39 is 10.0 Å². The highest BCUT2D eigenvalue weighted by atomic mass is 32.2. The normalized spacial score (nSPS) is 15.7. The molecule has 0 spiro atoms. The van der Waals surface area contributed by atoms with Gasteiger partial charge in [-0.05, 0) is 55.4 Å². The summed E-state index contributed by atoms with van der Waals surface area (Å²) in [5, 5.41) is 4.07. The zero-order valence-corrected chi connectivity index (χ0v) is 19.4. The molecular formula is C24H32N4O3S. The van der Waals surface area contributed by atoms with Crippen molar-refractivity contribution in [3.05, 3.63) is 71.1 Å². The van der Waals surface area contributed by atoms with E-state index in [9.17, 15) is 13.2 Å². The number of nitrogens with one attached hydrogen (secondary N) is 2. The van der Waals surface area contributed by atoms with E-state index in [0.29, 0.717) is 17.8 Å². The quantitative estimate of drug-likeness (QED) is 0.538. The first kappa shape index (κ1) is 24.0. The minimum atomic E-state index is -3.64. The molecule has 1 aliphatic rings. The number of hydrogen-bond acceptors (Lipinski definition) is 5. The number of carbonyl (C=O) groups is 1. The van der Waals surface area contributed by atoms with Gasteiger partial charge >= 0.3 is 0 Å². The third-order valence-corrected chi connectivity index (χ3v) is 6.51. The average Bonchev–Trinajstić information content (AvgIpc) is 2.82. The van der Waals surface area contributed by atoms with Gasteiger partial charge in [0.1, 0.15) is 0 Å². The van der Waals surface area contributed by atoms with Gasteiger partial charge in [-0.15, -0.1) is 0 Å². The lowest BCUT2D eigenvalue weighted by molar-refractivity contribution is 0.0948. The molecular weight excluding hydrogens is 424 g/mol. The van der Waals surface area contributed by atoms with Crippen LogP contribution in [0.25, 0.3) is 6.08 Å². The molecule has 2 aromatic rings. The largest absolute Gasteiger partial charge is 0.352 e. The Hall–Kier alpha value is -2.68. The summed E-state index contributed by atoms with van der Waals surface area (Å²) >= 11 is 0. The van der Waals surface area contributed by atoms with Crippen LogP contribution in [0.1, 0.15) is 29.3 Å². The maximum Gasteiger partial charge on any atom is 0.255 e. The monoisotopic (exact) mass is 456 g/mol. The van der Waals surface area contributed by atoms with E-state index in [1.54, 1.807) is 24.3 Å². The lowest BCUT2D eigenvalue weighted by Crippen LogP contribution is -2.46. The molecule has 0 unspecified atom stereocenters. The summed E-state index contributed by atoms with van der Waals surface area (Å²) in [7, 11) is -3.64. The summed E-state index contributed by atoms with van der Waals surface area (Å²) in [6.45, 7) is 9.28. The summed E-state index contributed by atoms with van der Waals surface area (Å²) < 4.78 is 27.0. The third kappa shape index (κ3) is 7.78. The predicted molar refractivity (Wildman–Crippen MR) is 130 cm³/mol. The fourth-order valence-corrected chi connectivity index (χ4v) is 4.42. The van der Waals surface area contributed by atoms with Crippen LogP contribution in [0.5, 0.6) is 0 Å². The summed E-state index contributed by atoms with van der Waals surface area (Å²) in [6, 6.07) is 15.6. The van der Waals surface area contributed by atoms with Gasteiger partial charge in [0, 0.05) is 44.0 Å². The lowest BCUT2D eigenvalue weighted by Gasteiger charge is -2.33. The van der Waals surface area contributed by atoms with E-state index in [1.165, 1.54) is 6.08 Å². The highest BCUT2D eigenvalue weighted by Crippen LogP contribution is 2.13. The lowest BCUT2D eigenvalue weighted by atomic mass is 10.2. The molecule has 2 N–H and O–H groups in total. The highest BCUT2D eigenvalue weighted by molar-refractivity contribution is 7.95. The summed E-state index contributed by atoms with van der Waals surface area (Å²) in [6.07, 6.45) is 2.44. The maximum atomic E-state index is 12.4. The van der Waals surface area contributed by atoms with Crippen molar-refractivity contribution in [2.45, 2.75) is 13.3 Å². The van der Waals surface area contributed by atoms with E-state index >= 15 is 0 Å². The number of hydrogen-bond donors (Lipinski definition) is 2. The number of sulfonamides is 1. The van der Waals surface area contributed by atoms with Gasteiger partial charge in [0.05, 0.1) is 5.41 Å². The second-order valence-electron chi connectivity index (χ2n) is 7.82. The zero-order valence-electron chi connectivity index (χ0n) is 18.5. The van der Waals surface area contributed by atoms with Crippen LogP contribution >= 0.6 is 0 Å². The maximum absolute atomic E-state index is 12.4. The second-order valence-corrected chi connectivity index (χ2v) is 9.39. The van der Waals surface area contributed by atoms with Crippen molar-refractivity contribution in [1.82, 2.24) is 15.1 Å². The number of nitrogens with zero attached hydrogens (tertiary/aromatic N) is 2. The molecule has 172 valence electrons. The van der Waals surface area contributed by atoms with Crippen molar-refractivity contribution in [2.75, 3.05) is 50.5 Å². The predicted octanol–water partition coefficient (Wildman–Crippen LogP) is 2.86. The molecule has 0 radical (unpaired) electrons. The van der Waals surface area contributed by atoms with Crippen LogP contribution in [0.15, 0.2) is 60.0 Å². The highest BCUT2D eigenvalue weighted by Gasteiger charge is 2.15. The third-order valence-electron chi connectivity index (χ3n) is 5.50. The van der Waals surface area contributed by atoms with Crippen LogP contribution in [-0.4, -0.2) is 69.9 Å². The van der Waals surface area contributed by atoms with Gasteiger partial charge in [0.15, 0.2) is 0 Å². The van der Waals surface area contributed by atoms with Gasteiger partial charge in [-0.2, -0.15) is 0 Å². The van der Waals surface area contributed by atoms with Crippen LogP contribution < -0.4 is 10.0 Å². The van der Waals surface area contributed by atoms with E-state index in [1.807, 2.05) is 30.3 Å². The first-order valence-corrected chi connectivity index (χ1v) is 12.6. The molecule has 0 saturated carbocycles. The number of amides is 1. The second kappa shape index (κ2) is 11.8. The van der Waals surface area contributed by atoms with E-state index in [2.05, 4.69) is 26.8 Å². The average molecular weight is 457 g/mol. The van der Waals surface area contributed by atoms with Gasteiger partial charge in [-0.3, -0.25) is 9.52 Å². The molecule has 2 aromatic carbocycles. The fourth-order valence-electron chi connectivity index (χ4n) is 3.56. The van der Waals surface area contributed by atoms with Crippen molar-refractivity contribution >= 4 is 27.7 Å². The fraction of sp³-hybridized carbons (Fsp3) is 0.375. The SMILES string of the molecule is CCN1CCN(CCCNC(=O)c2ccc(NS(=O)(=O)/C=C/c3ccccc3)cc2)CC1. The number of likely N-dealkylation sites (N-methyl/N-ethyl adjacent to an activating group) is 1. The van der Waals surface area contributed by atoms with Crippen molar-refractivity contribution in [3.8, 4) is 0 Å². The minimum Gasteiger partial charge on any atom is -0.352 e. The molecule has 1 heterocycles. The molecule has 7 nitrogen and oxygen atoms in total. The molecule has 0 aromatic heterocycles. The molecule has 1 fully saturated rings. The first-order valence-electron chi connectivity index (χ1n) is 11.0. The van der Waals surface area contributed by atoms with E-state index in [4.69, 9.17) is 0 Å².